The zero-order valence-corrected chi connectivity index (χ0v) is 11.4. The van der Waals surface area contributed by atoms with Gasteiger partial charge in [0.05, 0.1) is 17.9 Å². The molecular weight excluding hydrogens is 216 g/mol. The fourth-order valence-electron chi connectivity index (χ4n) is 2.36. The molecule has 4 nitrogen and oxygen atoms in total. The molecule has 0 aliphatic carbocycles. The molecule has 4 heteroatoms. The van der Waals surface area contributed by atoms with Gasteiger partial charge in [0.15, 0.2) is 0 Å². The first-order valence-electron chi connectivity index (χ1n) is 6.24. The van der Waals surface area contributed by atoms with E-state index in [1.807, 2.05) is 25.6 Å². The highest BCUT2D eigenvalue weighted by Gasteiger charge is 2.23. The lowest BCUT2D eigenvalue weighted by Crippen LogP contribution is -2.25. The predicted molar refractivity (Wildman–Crippen MR) is 68.0 cm³/mol. The molecule has 0 radical (unpaired) electrons. The van der Waals surface area contributed by atoms with Gasteiger partial charge in [-0.15, -0.1) is 0 Å². The zero-order valence-electron chi connectivity index (χ0n) is 11.4. The number of aliphatic hydroxyl groups excluding tert-OH is 2. The van der Waals surface area contributed by atoms with Crippen molar-refractivity contribution in [3.63, 3.8) is 0 Å². The molecule has 1 aromatic rings. The molecule has 3 unspecified atom stereocenters. The lowest BCUT2D eigenvalue weighted by atomic mass is 9.88. The average Bonchev–Trinajstić information content (AvgIpc) is 2.50. The first kappa shape index (κ1) is 14.2. The van der Waals surface area contributed by atoms with Crippen molar-refractivity contribution in [1.82, 2.24) is 9.78 Å². The molecule has 0 saturated heterocycles. The molecular formula is C13H24N2O2. The van der Waals surface area contributed by atoms with Crippen LogP contribution in [-0.2, 0) is 7.05 Å². The fourth-order valence-corrected chi connectivity index (χ4v) is 2.36. The van der Waals surface area contributed by atoms with Crippen LogP contribution in [0, 0.1) is 13.8 Å². The van der Waals surface area contributed by atoms with E-state index < -0.39 is 12.2 Å². The van der Waals surface area contributed by atoms with Crippen molar-refractivity contribution in [3.8, 4) is 0 Å². The summed E-state index contributed by atoms with van der Waals surface area (Å²) in [5, 5.41) is 23.6. The lowest BCUT2D eigenvalue weighted by Gasteiger charge is -2.21. The summed E-state index contributed by atoms with van der Waals surface area (Å²) in [5.74, 6) is 0.258. The largest absolute Gasteiger partial charge is 0.391 e. The van der Waals surface area contributed by atoms with Gasteiger partial charge in [-0.2, -0.15) is 5.10 Å². The number of hydrogen-bond donors (Lipinski definition) is 2. The number of nitrogens with zero attached hydrogens (tertiary/aromatic N) is 2. The van der Waals surface area contributed by atoms with Crippen LogP contribution in [0.4, 0.5) is 0 Å². The van der Waals surface area contributed by atoms with Crippen molar-refractivity contribution in [2.24, 2.45) is 7.05 Å². The number of aliphatic hydroxyl groups is 2. The van der Waals surface area contributed by atoms with E-state index in [1.165, 1.54) is 5.56 Å². The number of aryl methyl sites for hydroxylation is 2. The molecule has 3 atom stereocenters. The van der Waals surface area contributed by atoms with Gasteiger partial charge in [-0.3, -0.25) is 4.68 Å². The Morgan fingerprint density at radius 1 is 1.29 bits per heavy atom. The van der Waals surface area contributed by atoms with Gasteiger partial charge >= 0.3 is 0 Å². The highest BCUT2D eigenvalue weighted by Crippen LogP contribution is 2.30. The number of aromatic nitrogens is 2. The SMILES string of the molecule is CCC(CC(O)C(C)O)c1c(C)nn(C)c1C. The van der Waals surface area contributed by atoms with Crippen molar-refractivity contribution in [1.29, 1.82) is 0 Å². The first-order valence-corrected chi connectivity index (χ1v) is 6.24. The van der Waals surface area contributed by atoms with Gasteiger partial charge in [-0.05, 0) is 45.1 Å². The highest BCUT2D eigenvalue weighted by molar-refractivity contribution is 5.28. The molecule has 0 fully saturated rings. The van der Waals surface area contributed by atoms with Gasteiger partial charge < -0.3 is 10.2 Å². The molecule has 1 aromatic heterocycles. The molecule has 0 aromatic carbocycles. The Kier molecular flexibility index (Phi) is 4.71. The standard InChI is InChI=1S/C13H24N2O2/c1-6-11(7-12(17)10(4)16)13-8(2)14-15(5)9(13)3/h10-12,16-17H,6-7H2,1-5H3. The van der Waals surface area contributed by atoms with Crippen LogP contribution in [0.3, 0.4) is 0 Å². The molecule has 0 spiro atoms. The Balaban J connectivity index is 2.94. The summed E-state index contributed by atoms with van der Waals surface area (Å²) in [5.41, 5.74) is 3.39. The van der Waals surface area contributed by atoms with Crippen LogP contribution < -0.4 is 0 Å². The molecule has 0 amide bonds. The zero-order chi connectivity index (χ0) is 13.2. The van der Waals surface area contributed by atoms with E-state index in [4.69, 9.17) is 0 Å². The topological polar surface area (TPSA) is 58.3 Å². The molecule has 0 saturated carbocycles. The van der Waals surface area contributed by atoms with Crippen molar-refractivity contribution >= 4 is 0 Å². The lowest BCUT2D eigenvalue weighted by molar-refractivity contribution is 0.0214. The molecule has 0 bridgehead atoms. The third kappa shape index (κ3) is 3.07. The molecule has 0 aliphatic heterocycles. The summed E-state index contributed by atoms with van der Waals surface area (Å²) in [7, 11) is 1.93. The summed E-state index contributed by atoms with van der Waals surface area (Å²) in [6.45, 7) is 7.78. The van der Waals surface area contributed by atoms with Crippen LogP contribution in [0.15, 0.2) is 0 Å². The van der Waals surface area contributed by atoms with E-state index in [2.05, 4.69) is 12.0 Å². The minimum absolute atomic E-state index is 0.258. The maximum Gasteiger partial charge on any atom is 0.0802 e. The minimum atomic E-state index is -0.679. The molecule has 0 aliphatic rings. The maximum absolute atomic E-state index is 9.80. The van der Waals surface area contributed by atoms with E-state index in [-0.39, 0.29) is 5.92 Å². The molecule has 2 N–H and O–H groups in total. The van der Waals surface area contributed by atoms with Gasteiger partial charge in [0.1, 0.15) is 0 Å². The smallest absolute Gasteiger partial charge is 0.0802 e. The third-order valence-corrected chi connectivity index (χ3v) is 3.55. The van der Waals surface area contributed by atoms with Crippen molar-refractivity contribution in [3.05, 3.63) is 17.0 Å². The summed E-state index contributed by atoms with van der Waals surface area (Å²) < 4.78 is 1.88. The van der Waals surface area contributed by atoms with E-state index in [9.17, 15) is 10.2 Å². The fraction of sp³-hybridized carbons (Fsp3) is 0.769. The maximum atomic E-state index is 9.80. The second kappa shape index (κ2) is 5.65. The van der Waals surface area contributed by atoms with E-state index in [1.54, 1.807) is 6.92 Å². The summed E-state index contributed by atoms with van der Waals surface area (Å²) in [6, 6.07) is 0. The molecule has 1 rings (SSSR count). The molecule has 1 heterocycles. The van der Waals surface area contributed by atoms with Gasteiger partial charge in [-0.25, -0.2) is 0 Å². The normalized spacial score (nSPS) is 16.9. The van der Waals surface area contributed by atoms with Crippen molar-refractivity contribution in [2.45, 2.75) is 58.7 Å². The second-order valence-electron chi connectivity index (χ2n) is 4.86. The third-order valence-electron chi connectivity index (χ3n) is 3.55. The quantitative estimate of drug-likeness (QED) is 0.823. The summed E-state index contributed by atoms with van der Waals surface area (Å²) in [4.78, 5) is 0. The van der Waals surface area contributed by atoms with Gasteiger partial charge in [0.2, 0.25) is 0 Å². The Morgan fingerprint density at radius 2 is 1.88 bits per heavy atom. The van der Waals surface area contributed by atoms with Gasteiger partial charge in [0, 0.05) is 12.7 Å². The van der Waals surface area contributed by atoms with Crippen LogP contribution in [0.1, 0.15) is 49.6 Å². The number of hydrogen-bond acceptors (Lipinski definition) is 3. The van der Waals surface area contributed by atoms with Crippen LogP contribution in [0.25, 0.3) is 0 Å². The monoisotopic (exact) mass is 240 g/mol. The Bertz CT molecular complexity index is 372. The summed E-state index contributed by atoms with van der Waals surface area (Å²) >= 11 is 0. The molecule has 17 heavy (non-hydrogen) atoms. The molecule has 98 valence electrons. The van der Waals surface area contributed by atoms with Gasteiger partial charge in [0.25, 0.3) is 0 Å². The van der Waals surface area contributed by atoms with E-state index in [0.717, 1.165) is 17.8 Å². The van der Waals surface area contributed by atoms with Crippen LogP contribution in [0.5, 0.6) is 0 Å². The number of rotatable bonds is 5. The summed E-state index contributed by atoms with van der Waals surface area (Å²) in [6.07, 6.45) is 0.180. The Morgan fingerprint density at radius 3 is 2.24 bits per heavy atom. The highest BCUT2D eigenvalue weighted by atomic mass is 16.3. The van der Waals surface area contributed by atoms with Crippen LogP contribution >= 0.6 is 0 Å². The Labute approximate surface area is 103 Å². The van der Waals surface area contributed by atoms with Crippen molar-refractivity contribution < 1.29 is 10.2 Å². The first-order chi connectivity index (χ1) is 7.88. The predicted octanol–water partition coefficient (Wildman–Crippen LogP) is 1.66. The van der Waals surface area contributed by atoms with Gasteiger partial charge in [-0.1, -0.05) is 6.92 Å². The van der Waals surface area contributed by atoms with Crippen LogP contribution in [0.2, 0.25) is 0 Å². The van der Waals surface area contributed by atoms with Crippen LogP contribution in [-0.4, -0.2) is 32.2 Å². The van der Waals surface area contributed by atoms with E-state index >= 15 is 0 Å². The van der Waals surface area contributed by atoms with E-state index in [0.29, 0.717) is 6.42 Å². The minimum Gasteiger partial charge on any atom is -0.391 e. The van der Waals surface area contributed by atoms with Crippen molar-refractivity contribution in [2.75, 3.05) is 0 Å². The Hall–Kier alpha value is -0.870. The average molecular weight is 240 g/mol. The second-order valence-corrected chi connectivity index (χ2v) is 4.86.